The van der Waals surface area contributed by atoms with Crippen LogP contribution in [0.1, 0.15) is 5.69 Å². The number of rotatable bonds is 3. The molecule has 2 rings (SSSR count). The molecule has 0 aliphatic carbocycles. The highest BCUT2D eigenvalue weighted by Crippen LogP contribution is 2.19. The van der Waals surface area contributed by atoms with Crippen LogP contribution in [0.3, 0.4) is 0 Å². The van der Waals surface area contributed by atoms with Gasteiger partial charge >= 0.3 is 11.8 Å². The molecule has 2 amide bonds. The molecule has 1 aromatic rings. The third-order valence-corrected chi connectivity index (χ3v) is 3.38. The van der Waals surface area contributed by atoms with Gasteiger partial charge in [0.2, 0.25) is 0 Å². The fraction of sp³-hybridized carbons (Fsp3) is 0.417. The molecule has 0 bridgehead atoms. The Morgan fingerprint density at radius 1 is 1.32 bits per heavy atom. The fourth-order valence-electron chi connectivity index (χ4n) is 1.84. The second-order valence-electron chi connectivity index (χ2n) is 4.33. The van der Waals surface area contributed by atoms with Crippen molar-refractivity contribution in [2.24, 2.45) is 0 Å². The van der Waals surface area contributed by atoms with Gasteiger partial charge in [0.1, 0.15) is 5.82 Å². The second kappa shape index (κ2) is 5.44. The number of hydrogen-bond donors (Lipinski definition) is 1. The largest absolute Gasteiger partial charge is 0.373 e. The van der Waals surface area contributed by atoms with E-state index in [1.807, 2.05) is 0 Å². The zero-order valence-electron chi connectivity index (χ0n) is 10.8. The highest BCUT2D eigenvalue weighted by atomic mass is 35.5. The van der Waals surface area contributed by atoms with E-state index in [0.29, 0.717) is 29.6 Å². The number of piperazine rings is 1. The van der Waals surface area contributed by atoms with Crippen LogP contribution in [0.15, 0.2) is 12.1 Å². The van der Waals surface area contributed by atoms with Crippen molar-refractivity contribution >= 4 is 29.2 Å². The number of pyridine rings is 1. The molecule has 7 heteroatoms. The van der Waals surface area contributed by atoms with Gasteiger partial charge in [0.05, 0.1) is 17.3 Å². The van der Waals surface area contributed by atoms with E-state index >= 15 is 0 Å². The lowest BCUT2D eigenvalue weighted by molar-refractivity contribution is -0.155. The lowest BCUT2D eigenvalue weighted by Crippen LogP contribution is -2.52. The zero-order valence-corrected chi connectivity index (χ0v) is 11.6. The van der Waals surface area contributed by atoms with Crippen LogP contribution in [0.4, 0.5) is 5.82 Å². The lowest BCUT2D eigenvalue weighted by atomic mass is 10.2. The number of amides is 2. The molecule has 0 radical (unpaired) electrons. The second-order valence-corrected chi connectivity index (χ2v) is 4.74. The van der Waals surface area contributed by atoms with Crippen molar-refractivity contribution in [2.75, 3.05) is 32.5 Å². The Morgan fingerprint density at radius 2 is 2.05 bits per heavy atom. The highest BCUT2D eigenvalue weighted by molar-refractivity contribution is 6.35. The molecule has 0 saturated carbocycles. The van der Waals surface area contributed by atoms with Crippen LogP contribution < -0.4 is 5.32 Å². The number of hydrogen-bond acceptors (Lipinski definition) is 4. The molecule has 0 unspecified atom stereocenters. The summed E-state index contributed by atoms with van der Waals surface area (Å²) in [4.78, 5) is 30.6. The third kappa shape index (κ3) is 2.78. The third-order valence-electron chi connectivity index (χ3n) is 3.04. The summed E-state index contributed by atoms with van der Waals surface area (Å²) in [7, 11) is 3.37. The number of carbonyl (C=O) groups excluding carboxylic acids is 2. The summed E-state index contributed by atoms with van der Waals surface area (Å²) in [5.41, 5.74) is 0.583. The van der Waals surface area contributed by atoms with Gasteiger partial charge in [-0.3, -0.25) is 9.59 Å². The molecule has 0 spiro atoms. The Bertz CT molecular complexity index is 520. The van der Waals surface area contributed by atoms with Crippen LogP contribution in [-0.4, -0.2) is 53.8 Å². The quantitative estimate of drug-likeness (QED) is 0.824. The number of nitrogens with zero attached hydrogens (tertiary/aromatic N) is 3. The van der Waals surface area contributed by atoms with Crippen LogP contribution >= 0.6 is 11.6 Å². The molecule has 1 aliphatic heterocycles. The van der Waals surface area contributed by atoms with E-state index in [9.17, 15) is 9.59 Å². The number of halogens is 1. The fourth-order valence-corrected chi connectivity index (χ4v) is 2.00. The van der Waals surface area contributed by atoms with Crippen molar-refractivity contribution in [3.05, 3.63) is 22.8 Å². The maximum absolute atomic E-state index is 11.9. The summed E-state index contributed by atoms with van der Waals surface area (Å²) in [6.07, 6.45) is 0. The topological polar surface area (TPSA) is 65.5 Å². The molecule has 102 valence electrons. The van der Waals surface area contributed by atoms with Crippen molar-refractivity contribution in [3.63, 3.8) is 0 Å². The monoisotopic (exact) mass is 282 g/mol. The number of nitrogens with one attached hydrogen (secondary N) is 1. The predicted molar refractivity (Wildman–Crippen MR) is 71.8 cm³/mol. The Kier molecular flexibility index (Phi) is 3.90. The molecule has 6 nitrogen and oxygen atoms in total. The average molecular weight is 283 g/mol. The van der Waals surface area contributed by atoms with Gasteiger partial charge in [-0.15, -0.1) is 0 Å². The maximum atomic E-state index is 11.9. The van der Waals surface area contributed by atoms with E-state index in [0.717, 1.165) is 0 Å². The zero-order chi connectivity index (χ0) is 14.0. The van der Waals surface area contributed by atoms with Gasteiger partial charge in [0, 0.05) is 27.2 Å². The number of carbonyl (C=O) groups is 2. The van der Waals surface area contributed by atoms with Crippen molar-refractivity contribution in [3.8, 4) is 0 Å². The van der Waals surface area contributed by atoms with E-state index in [1.165, 1.54) is 9.80 Å². The first-order valence-electron chi connectivity index (χ1n) is 5.90. The van der Waals surface area contributed by atoms with Crippen LogP contribution in [0.25, 0.3) is 0 Å². The number of likely N-dealkylation sites (N-methyl/N-ethyl adjacent to an activating group) is 1. The molecule has 0 aromatic carbocycles. The Balaban J connectivity index is 2.17. The first-order chi connectivity index (χ1) is 9.02. The van der Waals surface area contributed by atoms with Gasteiger partial charge in [0.25, 0.3) is 0 Å². The summed E-state index contributed by atoms with van der Waals surface area (Å²) >= 11 is 6.06. The molecule has 1 aliphatic rings. The molecular formula is C12H15ClN4O2. The minimum atomic E-state index is -0.513. The van der Waals surface area contributed by atoms with Gasteiger partial charge in [-0.25, -0.2) is 4.98 Å². The van der Waals surface area contributed by atoms with Crippen LogP contribution in [0, 0.1) is 0 Å². The standard InChI is InChI=1S/C12H15ClN4O2/c1-14-10-4-3-8(13)9(15-10)7-17-6-5-16(2)11(18)12(17)19/h3-4H,5-7H2,1-2H3,(H,14,15). The molecule has 1 N–H and O–H groups in total. The minimum Gasteiger partial charge on any atom is -0.373 e. The van der Waals surface area contributed by atoms with Crippen LogP contribution in [0.5, 0.6) is 0 Å². The number of anilines is 1. The lowest BCUT2D eigenvalue weighted by Gasteiger charge is -2.31. The molecule has 1 saturated heterocycles. The van der Waals surface area contributed by atoms with Crippen molar-refractivity contribution in [2.45, 2.75) is 6.54 Å². The van der Waals surface area contributed by atoms with Gasteiger partial charge in [-0.2, -0.15) is 0 Å². The summed E-state index contributed by atoms with van der Waals surface area (Å²) in [5.74, 6) is -0.332. The normalized spacial score (nSPS) is 15.9. The van der Waals surface area contributed by atoms with E-state index in [2.05, 4.69) is 10.3 Å². The molecule has 1 fully saturated rings. The van der Waals surface area contributed by atoms with E-state index in [1.54, 1.807) is 26.2 Å². The Hall–Kier alpha value is -1.82. The van der Waals surface area contributed by atoms with E-state index < -0.39 is 11.8 Å². The highest BCUT2D eigenvalue weighted by Gasteiger charge is 2.30. The van der Waals surface area contributed by atoms with Crippen LogP contribution in [-0.2, 0) is 16.1 Å². The summed E-state index contributed by atoms with van der Waals surface area (Å²) in [6, 6.07) is 3.47. The Labute approximate surface area is 116 Å². The van der Waals surface area contributed by atoms with Crippen molar-refractivity contribution in [1.82, 2.24) is 14.8 Å². The average Bonchev–Trinajstić information content (AvgIpc) is 2.41. The van der Waals surface area contributed by atoms with Gasteiger partial charge in [-0.1, -0.05) is 11.6 Å². The van der Waals surface area contributed by atoms with E-state index in [-0.39, 0.29) is 6.54 Å². The summed E-state index contributed by atoms with van der Waals surface area (Å²) in [6.45, 7) is 1.25. The first-order valence-corrected chi connectivity index (χ1v) is 6.28. The number of aromatic nitrogens is 1. The van der Waals surface area contributed by atoms with Gasteiger partial charge in [-0.05, 0) is 12.1 Å². The predicted octanol–water partition coefficient (Wildman–Crippen LogP) is 0.577. The smallest absolute Gasteiger partial charge is 0.312 e. The van der Waals surface area contributed by atoms with Crippen LogP contribution in [0.2, 0.25) is 5.02 Å². The maximum Gasteiger partial charge on any atom is 0.312 e. The summed E-state index contributed by atoms with van der Waals surface area (Å²) < 4.78 is 0. The van der Waals surface area contributed by atoms with Gasteiger partial charge < -0.3 is 15.1 Å². The molecule has 1 aromatic heterocycles. The van der Waals surface area contributed by atoms with Crippen molar-refractivity contribution in [1.29, 1.82) is 0 Å². The molecule has 2 heterocycles. The SMILES string of the molecule is CNc1ccc(Cl)c(CN2CCN(C)C(=O)C2=O)n1. The molecule has 19 heavy (non-hydrogen) atoms. The van der Waals surface area contributed by atoms with E-state index in [4.69, 9.17) is 11.6 Å². The first kappa shape index (κ1) is 13.6. The molecular weight excluding hydrogens is 268 g/mol. The minimum absolute atomic E-state index is 0.243. The Morgan fingerprint density at radius 3 is 2.74 bits per heavy atom. The van der Waals surface area contributed by atoms with Gasteiger partial charge in [0.15, 0.2) is 0 Å². The van der Waals surface area contributed by atoms with Crippen molar-refractivity contribution < 1.29 is 9.59 Å². The molecule has 0 atom stereocenters. The summed E-state index contributed by atoms with van der Waals surface area (Å²) in [5, 5.41) is 3.39.